The third-order valence-corrected chi connectivity index (χ3v) is 5.71. The maximum Gasteiger partial charge on any atom is 0.339 e. The van der Waals surface area contributed by atoms with Crippen molar-refractivity contribution in [2.45, 2.75) is 19.8 Å². The van der Waals surface area contributed by atoms with Crippen LogP contribution in [0.15, 0.2) is 48.5 Å². The lowest BCUT2D eigenvalue weighted by atomic mass is 9.95. The van der Waals surface area contributed by atoms with Gasteiger partial charge in [0.15, 0.2) is 11.6 Å². The standard InChI is InChI=1S/C26H23F2NO5/c1-13(2)25-23(14-5-7-17(26(31)32)21(9-14)33-3)24-19(10-15(27)11-20(24)30)29(25)16-6-8-18(28)22(12-16)34-4/h5-13,30H,1-4H3,(H,31,32). The molecule has 0 bridgehead atoms. The van der Waals surface area contributed by atoms with Crippen LogP contribution in [0.25, 0.3) is 27.7 Å². The summed E-state index contributed by atoms with van der Waals surface area (Å²) in [5, 5.41) is 20.6. The Morgan fingerprint density at radius 3 is 2.29 bits per heavy atom. The van der Waals surface area contributed by atoms with E-state index in [1.807, 2.05) is 13.8 Å². The van der Waals surface area contributed by atoms with Crippen LogP contribution in [0.1, 0.15) is 35.8 Å². The highest BCUT2D eigenvalue weighted by molar-refractivity contribution is 6.04. The number of hydrogen-bond donors (Lipinski definition) is 2. The molecule has 2 N–H and O–H groups in total. The Balaban J connectivity index is 2.16. The number of aromatic carboxylic acids is 1. The van der Waals surface area contributed by atoms with Crippen LogP contribution in [0.4, 0.5) is 8.78 Å². The first-order valence-corrected chi connectivity index (χ1v) is 10.5. The maximum absolute atomic E-state index is 14.5. The molecule has 0 radical (unpaired) electrons. The number of carboxylic acid groups (broad SMARTS) is 1. The van der Waals surface area contributed by atoms with Gasteiger partial charge in [-0.2, -0.15) is 0 Å². The molecule has 0 amide bonds. The monoisotopic (exact) mass is 467 g/mol. The number of hydrogen-bond acceptors (Lipinski definition) is 4. The number of nitrogens with zero attached hydrogens (tertiary/aromatic N) is 1. The van der Waals surface area contributed by atoms with Crippen LogP contribution < -0.4 is 9.47 Å². The number of aromatic nitrogens is 1. The van der Waals surface area contributed by atoms with E-state index >= 15 is 0 Å². The van der Waals surface area contributed by atoms with Gasteiger partial charge in [0, 0.05) is 29.1 Å². The summed E-state index contributed by atoms with van der Waals surface area (Å²) < 4.78 is 40.8. The molecule has 0 fully saturated rings. The third-order valence-electron chi connectivity index (χ3n) is 5.71. The topological polar surface area (TPSA) is 80.9 Å². The Labute approximate surface area is 194 Å². The summed E-state index contributed by atoms with van der Waals surface area (Å²) in [6, 6.07) is 11.2. The summed E-state index contributed by atoms with van der Waals surface area (Å²) in [7, 11) is 2.72. The minimum absolute atomic E-state index is 0.0142. The van der Waals surface area contributed by atoms with Crippen molar-refractivity contribution in [1.82, 2.24) is 4.57 Å². The largest absolute Gasteiger partial charge is 0.507 e. The summed E-state index contributed by atoms with van der Waals surface area (Å²) in [4.78, 5) is 11.6. The van der Waals surface area contributed by atoms with Crippen LogP contribution in [-0.2, 0) is 0 Å². The molecule has 176 valence electrons. The molecule has 0 spiro atoms. The maximum atomic E-state index is 14.5. The summed E-state index contributed by atoms with van der Waals surface area (Å²) in [6.07, 6.45) is 0. The summed E-state index contributed by atoms with van der Waals surface area (Å²) in [5.41, 5.74) is 2.73. The summed E-state index contributed by atoms with van der Waals surface area (Å²) in [5.74, 6) is -2.57. The van der Waals surface area contributed by atoms with Crippen LogP contribution in [0.2, 0.25) is 0 Å². The summed E-state index contributed by atoms with van der Waals surface area (Å²) in [6.45, 7) is 3.87. The fourth-order valence-corrected chi connectivity index (χ4v) is 4.31. The van der Waals surface area contributed by atoms with Crippen molar-refractivity contribution < 1.29 is 33.3 Å². The van der Waals surface area contributed by atoms with Crippen LogP contribution >= 0.6 is 0 Å². The highest BCUT2D eigenvalue weighted by atomic mass is 19.1. The second-order valence-electron chi connectivity index (χ2n) is 8.11. The lowest BCUT2D eigenvalue weighted by Gasteiger charge is -2.17. The van der Waals surface area contributed by atoms with Gasteiger partial charge in [0.25, 0.3) is 0 Å². The van der Waals surface area contributed by atoms with E-state index in [4.69, 9.17) is 9.47 Å². The fraction of sp³-hybridized carbons (Fsp3) is 0.192. The molecule has 0 saturated heterocycles. The Morgan fingerprint density at radius 2 is 1.68 bits per heavy atom. The van der Waals surface area contributed by atoms with E-state index in [0.717, 1.165) is 6.07 Å². The Hall–Kier alpha value is -4.07. The van der Waals surface area contributed by atoms with Crippen molar-refractivity contribution in [3.63, 3.8) is 0 Å². The molecule has 8 heteroatoms. The number of benzene rings is 3. The average molecular weight is 467 g/mol. The Morgan fingerprint density at radius 1 is 0.971 bits per heavy atom. The Kier molecular flexibility index (Phi) is 5.91. The molecule has 0 aliphatic rings. The number of halogens is 2. The molecule has 1 aromatic heterocycles. The normalized spacial score (nSPS) is 11.3. The smallest absolute Gasteiger partial charge is 0.339 e. The highest BCUT2D eigenvalue weighted by Gasteiger charge is 2.26. The molecule has 1 heterocycles. The van der Waals surface area contributed by atoms with E-state index in [2.05, 4.69) is 0 Å². The lowest BCUT2D eigenvalue weighted by Crippen LogP contribution is -2.04. The van der Waals surface area contributed by atoms with E-state index in [-0.39, 0.29) is 28.7 Å². The first kappa shape index (κ1) is 23.1. The molecule has 0 aliphatic carbocycles. The van der Waals surface area contributed by atoms with Gasteiger partial charge in [-0.3, -0.25) is 0 Å². The van der Waals surface area contributed by atoms with Gasteiger partial charge in [0.2, 0.25) is 0 Å². The van der Waals surface area contributed by atoms with E-state index in [0.29, 0.717) is 33.4 Å². The highest BCUT2D eigenvalue weighted by Crippen LogP contribution is 2.45. The van der Waals surface area contributed by atoms with Crippen molar-refractivity contribution in [1.29, 1.82) is 0 Å². The minimum Gasteiger partial charge on any atom is -0.507 e. The SMILES string of the molecule is COc1cc(-n2c(C(C)C)c(-c3ccc(C(=O)O)c(OC)c3)c3c(O)cc(F)cc32)ccc1F. The molecule has 6 nitrogen and oxygen atoms in total. The first-order valence-electron chi connectivity index (χ1n) is 10.5. The van der Waals surface area contributed by atoms with Crippen molar-refractivity contribution in [3.05, 3.63) is 71.4 Å². The quantitative estimate of drug-likeness (QED) is 0.357. The first-order chi connectivity index (χ1) is 16.2. The predicted molar refractivity (Wildman–Crippen MR) is 124 cm³/mol. The van der Waals surface area contributed by atoms with Gasteiger partial charge < -0.3 is 24.3 Å². The van der Waals surface area contributed by atoms with Crippen LogP contribution in [0.5, 0.6) is 17.2 Å². The van der Waals surface area contributed by atoms with Crippen LogP contribution in [0.3, 0.4) is 0 Å². The number of methoxy groups -OCH3 is 2. The number of aromatic hydroxyl groups is 1. The summed E-state index contributed by atoms with van der Waals surface area (Å²) >= 11 is 0. The molecule has 0 aliphatic heterocycles. The molecule has 4 aromatic rings. The van der Waals surface area contributed by atoms with Gasteiger partial charge in [0.1, 0.15) is 22.9 Å². The molecule has 0 unspecified atom stereocenters. The fourth-order valence-electron chi connectivity index (χ4n) is 4.31. The van der Waals surface area contributed by atoms with E-state index in [1.165, 1.54) is 38.5 Å². The second-order valence-corrected chi connectivity index (χ2v) is 8.11. The van der Waals surface area contributed by atoms with Gasteiger partial charge in [-0.05, 0) is 41.8 Å². The average Bonchev–Trinajstić information content (AvgIpc) is 3.14. The zero-order valence-corrected chi connectivity index (χ0v) is 19.0. The molecule has 0 saturated carbocycles. The van der Waals surface area contributed by atoms with Gasteiger partial charge in [-0.25, -0.2) is 13.6 Å². The third kappa shape index (κ3) is 3.71. The zero-order valence-electron chi connectivity index (χ0n) is 19.0. The zero-order chi connectivity index (χ0) is 24.7. The van der Waals surface area contributed by atoms with Crippen molar-refractivity contribution >= 4 is 16.9 Å². The number of rotatable bonds is 6. The molecular weight excluding hydrogens is 444 g/mol. The molecular formula is C26H23F2NO5. The number of ether oxygens (including phenoxy) is 2. The van der Waals surface area contributed by atoms with E-state index in [1.54, 1.807) is 22.8 Å². The number of phenolic OH excluding ortho intramolecular Hbond substituents is 1. The Bertz CT molecular complexity index is 1420. The molecule has 4 rings (SSSR count). The minimum atomic E-state index is -1.14. The van der Waals surface area contributed by atoms with Gasteiger partial charge in [0.05, 0.1) is 25.1 Å². The number of carbonyl (C=O) groups is 1. The van der Waals surface area contributed by atoms with Crippen molar-refractivity contribution in [3.8, 4) is 34.1 Å². The lowest BCUT2D eigenvalue weighted by molar-refractivity contribution is 0.0693. The number of carboxylic acids is 1. The van der Waals surface area contributed by atoms with Crippen molar-refractivity contribution in [2.24, 2.45) is 0 Å². The molecule has 3 aromatic carbocycles. The van der Waals surface area contributed by atoms with Gasteiger partial charge in [-0.15, -0.1) is 0 Å². The van der Waals surface area contributed by atoms with E-state index < -0.39 is 17.6 Å². The van der Waals surface area contributed by atoms with Gasteiger partial charge >= 0.3 is 5.97 Å². The second kappa shape index (κ2) is 8.70. The van der Waals surface area contributed by atoms with Crippen LogP contribution in [-0.4, -0.2) is 35.0 Å². The molecule has 34 heavy (non-hydrogen) atoms. The predicted octanol–water partition coefficient (Wildman–Crippen LogP) is 6.12. The van der Waals surface area contributed by atoms with E-state index in [9.17, 15) is 23.8 Å². The number of phenols is 1. The van der Waals surface area contributed by atoms with Gasteiger partial charge in [-0.1, -0.05) is 19.9 Å². The number of fused-ring (bicyclic) bond motifs is 1. The van der Waals surface area contributed by atoms with Crippen LogP contribution in [0, 0.1) is 11.6 Å². The van der Waals surface area contributed by atoms with Crippen molar-refractivity contribution in [2.75, 3.05) is 14.2 Å². The molecule has 0 atom stereocenters.